The fourth-order valence-electron chi connectivity index (χ4n) is 2.47. The summed E-state index contributed by atoms with van der Waals surface area (Å²) in [5.41, 5.74) is 3.13. The summed E-state index contributed by atoms with van der Waals surface area (Å²) in [6.07, 6.45) is 6.37. The lowest BCUT2D eigenvalue weighted by Gasteiger charge is -2.24. The van der Waals surface area contributed by atoms with Crippen molar-refractivity contribution in [2.24, 2.45) is 0 Å². The molecular weight excluding hydrogens is 222 g/mol. The smallest absolute Gasteiger partial charge is 0.147 e. The van der Waals surface area contributed by atoms with Gasteiger partial charge >= 0.3 is 0 Å². The van der Waals surface area contributed by atoms with Gasteiger partial charge in [0.25, 0.3) is 0 Å². The van der Waals surface area contributed by atoms with E-state index in [0.717, 1.165) is 31.7 Å². The molecule has 2 rings (SSSR count). The predicted octanol–water partition coefficient (Wildman–Crippen LogP) is 2.84. The lowest BCUT2D eigenvalue weighted by atomic mass is 9.95. The normalized spacial score (nSPS) is 13.6. The zero-order valence-corrected chi connectivity index (χ0v) is 10.9. The van der Waals surface area contributed by atoms with Crippen molar-refractivity contribution in [3.63, 3.8) is 0 Å². The number of pyridine rings is 1. The standard InChI is InChI=1S/C15H19N3/c1-3-9-18(4-2)15-13(11-16)10-12-7-5-6-8-14(12)17-15/h3,10H,1,4-9H2,2H3. The molecule has 0 saturated heterocycles. The van der Waals surface area contributed by atoms with Gasteiger partial charge < -0.3 is 4.90 Å². The highest BCUT2D eigenvalue weighted by Crippen LogP contribution is 2.26. The van der Waals surface area contributed by atoms with Gasteiger partial charge in [0.15, 0.2) is 0 Å². The van der Waals surface area contributed by atoms with Gasteiger partial charge in [0.1, 0.15) is 11.9 Å². The molecule has 3 heteroatoms. The van der Waals surface area contributed by atoms with Gasteiger partial charge in [-0.25, -0.2) is 4.98 Å². The number of likely N-dealkylation sites (N-methyl/N-ethyl adjacent to an activating group) is 1. The van der Waals surface area contributed by atoms with Crippen LogP contribution >= 0.6 is 0 Å². The molecule has 1 heterocycles. The summed E-state index contributed by atoms with van der Waals surface area (Å²) in [5.74, 6) is 0.820. The fraction of sp³-hybridized carbons (Fsp3) is 0.467. The molecule has 0 bridgehead atoms. The average molecular weight is 241 g/mol. The number of aromatic nitrogens is 1. The van der Waals surface area contributed by atoms with Crippen LogP contribution in [-0.2, 0) is 12.8 Å². The Morgan fingerprint density at radius 1 is 1.50 bits per heavy atom. The van der Waals surface area contributed by atoms with E-state index in [1.54, 1.807) is 0 Å². The topological polar surface area (TPSA) is 39.9 Å². The largest absolute Gasteiger partial charge is 0.352 e. The Hall–Kier alpha value is -1.82. The molecule has 0 atom stereocenters. The lowest BCUT2D eigenvalue weighted by molar-refractivity contribution is 0.665. The van der Waals surface area contributed by atoms with Crippen LogP contribution in [0.2, 0.25) is 0 Å². The van der Waals surface area contributed by atoms with Crippen LogP contribution in [0.3, 0.4) is 0 Å². The van der Waals surface area contributed by atoms with E-state index in [1.807, 2.05) is 12.1 Å². The zero-order chi connectivity index (χ0) is 13.0. The van der Waals surface area contributed by atoms with Crippen LogP contribution in [-0.4, -0.2) is 18.1 Å². The Morgan fingerprint density at radius 2 is 2.28 bits per heavy atom. The maximum Gasteiger partial charge on any atom is 0.147 e. The second kappa shape index (κ2) is 5.68. The molecule has 0 aliphatic heterocycles. The second-order valence-corrected chi connectivity index (χ2v) is 4.61. The van der Waals surface area contributed by atoms with Crippen molar-refractivity contribution in [2.75, 3.05) is 18.0 Å². The van der Waals surface area contributed by atoms with E-state index in [2.05, 4.69) is 24.5 Å². The van der Waals surface area contributed by atoms with Crippen molar-refractivity contribution in [2.45, 2.75) is 32.6 Å². The fourth-order valence-corrected chi connectivity index (χ4v) is 2.47. The van der Waals surface area contributed by atoms with Crippen molar-refractivity contribution in [1.82, 2.24) is 4.98 Å². The van der Waals surface area contributed by atoms with Crippen LogP contribution in [0, 0.1) is 11.3 Å². The van der Waals surface area contributed by atoms with Gasteiger partial charge in [0.05, 0.1) is 5.56 Å². The van der Waals surface area contributed by atoms with E-state index in [9.17, 15) is 5.26 Å². The van der Waals surface area contributed by atoms with E-state index >= 15 is 0 Å². The van der Waals surface area contributed by atoms with Crippen molar-refractivity contribution >= 4 is 5.82 Å². The summed E-state index contributed by atoms with van der Waals surface area (Å²) < 4.78 is 0. The van der Waals surface area contributed by atoms with Gasteiger partial charge in [0, 0.05) is 18.8 Å². The van der Waals surface area contributed by atoms with Crippen LogP contribution in [0.5, 0.6) is 0 Å². The third kappa shape index (κ3) is 2.38. The number of anilines is 1. The minimum absolute atomic E-state index is 0.694. The Balaban J connectivity index is 2.45. The van der Waals surface area contributed by atoms with E-state index in [-0.39, 0.29) is 0 Å². The summed E-state index contributed by atoms with van der Waals surface area (Å²) >= 11 is 0. The van der Waals surface area contributed by atoms with E-state index < -0.39 is 0 Å². The van der Waals surface area contributed by atoms with Crippen LogP contribution < -0.4 is 4.90 Å². The number of hydrogen-bond acceptors (Lipinski definition) is 3. The summed E-state index contributed by atoms with van der Waals surface area (Å²) in [7, 11) is 0. The van der Waals surface area contributed by atoms with Crippen molar-refractivity contribution in [3.8, 4) is 6.07 Å². The zero-order valence-electron chi connectivity index (χ0n) is 10.9. The van der Waals surface area contributed by atoms with Gasteiger partial charge in [-0.1, -0.05) is 6.08 Å². The highest BCUT2D eigenvalue weighted by atomic mass is 15.2. The Morgan fingerprint density at radius 3 is 2.94 bits per heavy atom. The first-order chi connectivity index (χ1) is 8.80. The Kier molecular flexibility index (Phi) is 3.99. The maximum absolute atomic E-state index is 9.29. The van der Waals surface area contributed by atoms with Gasteiger partial charge in [-0.2, -0.15) is 5.26 Å². The lowest BCUT2D eigenvalue weighted by Crippen LogP contribution is -2.25. The molecule has 0 amide bonds. The first-order valence-electron chi connectivity index (χ1n) is 6.58. The summed E-state index contributed by atoms with van der Waals surface area (Å²) in [6, 6.07) is 4.31. The number of aryl methyl sites for hydroxylation is 2. The molecule has 3 nitrogen and oxygen atoms in total. The Bertz CT molecular complexity index is 485. The van der Waals surface area contributed by atoms with Crippen molar-refractivity contribution in [1.29, 1.82) is 5.26 Å². The first-order valence-corrected chi connectivity index (χ1v) is 6.58. The van der Waals surface area contributed by atoms with E-state index in [0.29, 0.717) is 5.56 Å². The summed E-state index contributed by atoms with van der Waals surface area (Å²) in [5, 5.41) is 9.29. The predicted molar refractivity (Wildman–Crippen MR) is 73.7 cm³/mol. The molecule has 0 spiro atoms. The highest BCUT2D eigenvalue weighted by molar-refractivity contribution is 5.56. The minimum atomic E-state index is 0.694. The van der Waals surface area contributed by atoms with Gasteiger partial charge in [0.2, 0.25) is 0 Å². The van der Waals surface area contributed by atoms with Crippen LogP contribution in [0.1, 0.15) is 36.6 Å². The van der Waals surface area contributed by atoms with Gasteiger partial charge in [-0.05, 0) is 44.2 Å². The third-order valence-electron chi connectivity index (χ3n) is 3.43. The molecule has 1 aliphatic rings. The molecule has 0 N–H and O–H groups in total. The average Bonchev–Trinajstić information content (AvgIpc) is 2.43. The number of nitrogens with zero attached hydrogens (tertiary/aromatic N) is 3. The molecule has 0 fully saturated rings. The minimum Gasteiger partial charge on any atom is -0.352 e. The SMILES string of the molecule is C=CCN(CC)c1nc2c(cc1C#N)CCCC2. The van der Waals surface area contributed by atoms with Crippen LogP contribution in [0.4, 0.5) is 5.82 Å². The first kappa shape index (κ1) is 12.6. The summed E-state index contributed by atoms with van der Waals surface area (Å²) in [6.45, 7) is 7.41. The molecular formula is C15H19N3. The van der Waals surface area contributed by atoms with Gasteiger partial charge in [-0.3, -0.25) is 0 Å². The highest BCUT2D eigenvalue weighted by Gasteiger charge is 2.17. The third-order valence-corrected chi connectivity index (χ3v) is 3.43. The molecule has 18 heavy (non-hydrogen) atoms. The molecule has 0 saturated carbocycles. The quantitative estimate of drug-likeness (QED) is 0.761. The second-order valence-electron chi connectivity index (χ2n) is 4.61. The molecule has 0 unspecified atom stereocenters. The molecule has 0 aromatic carbocycles. The molecule has 1 aromatic rings. The Labute approximate surface area is 109 Å². The van der Waals surface area contributed by atoms with Gasteiger partial charge in [-0.15, -0.1) is 6.58 Å². The monoisotopic (exact) mass is 241 g/mol. The van der Waals surface area contributed by atoms with Crippen LogP contribution in [0.15, 0.2) is 18.7 Å². The number of nitriles is 1. The van der Waals surface area contributed by atoms with Crippen LogP contribution in [0.25, 0.3) is 0 Å². The molecule has 94 valence electrons. The molecule has 1 aliphatic carbocycles. The van der Waals surface area contributed by atoms with Crippen molar-refractivity contribution < 1.29 is 0 Å². The summed E-state index contributed by atoms with van der Waals surface area (Å²) in [4.78, 5) is 6.83. The van der Waals surface area contributed by atoms with E-state index in [1.165, 1.54) is 24.1 Å². The molecule has 1 aromatic heterocycles. The number of fused-ring (bicyclic) bond motifs is 1. The number of rotatable bonds is 4. The van der Waals surface area contributed by atoms with Crippen molar-refractivity contribution in [3.05, 3.63) is 35.5 Å². The number of hydrogen-bond donors (Lipinski definition) is 0. The maximum atomic E-state index is 9.29. The van der Waals surface area contributed by atoms with E-state index in [4.69, 9.17) is 4.98 Å². The molecule has 0 radical (unpaired) electrons.